The summed E-state index contributed by atoms with van der Waals surface area (Å²) in [6.07, 6.45) is 7.54. The topological polar surface area (TPSA) is 93.1 Å². The first-order chi connectivity index (χ1) is 16.8. The SMILES string of the molecule is C=C(Nc1cnccc1N1CCC[C@H](N)C1)c1nc(-c2cc(CCC(C)C)ccc2F)ccc1N. The maximum Gasteiger partial charge on any atom is 0.132 e. The molecule has 1 aliphatic rings. The van der Waals surface area contributed by atoms with Gasteiger partial charge in [-0.15, -0.1) is 0 Å². The summed E-state index contributed by atoms with van der Waals surface area (Å²) in [6, 6.07) is 10.9. The maximum absolute atomic E-state index is 14.8. The summed E-state index contributed by atoms with van der Waals surface area (Å²) in [5.41, 5.74) is 17.8. The normalized spacial score (nSPS) is 15.9. The minimum Gasteiger partial charge on any atom is -0.397 e. The zero-order valence-corrected chi connectivity index (χ0v) is 20.6. The molecule has 4 rings (SSSR count). The number of nitrogens with two attached hydrogens (primary N) is 2. The van der Waals surface area contributed by atoms with E-state index in [9.17, 15) is 4.39 Å². The number of anilines is 3. The van der Waals surface area contributed by atoms with Crippen molar-refractivity contribution >= 4 is 22.8 Å². The Morgan fingerprint density at radius 2 is 2.09 bits per heavy atom. The van der Waals surface area contributed by atoms with Gasteiger partial charge in [-0.25, -0.2) is 9.37 Å². The highest BCUT2D eigenvalue weighted by molar-refractivity contribution is 5.85. The van der Waals surface area contributed by atoms with Crippen molar-refractivity contribution < 1.29 is 4.39 Å². The minimum atomic E-state index is -0.309. The molecule has 7 heteroatoms. The molecule has 1 aromatic carbocycles. The van der Waals surface area contributed by atoms with Crippen molar-refractivity contribution in [2.24, 2.45) is 11.7 Å². The molecule has 35 heavy (non-hydrogen) atoms. The van der Waals surface area contributed by atoms with E-state index in [0.29, 0.717) is 34.3 Å². The van der Waals surface area contributed by atoms with Gasteiger partial charge in [0.15, 0.2) is 0 Å². The van der Waals surface area contributed by atoms with Crippen molar-refractivity contribution in [3.8, 4) is 11.3 Å². The van der Waals surface area contributed by atoms with Crippen molar-refractivity contribution in [1.82, 2.24) is 9.97 Å². The first kappa shape index (κ1) is 24.7. The molecule has 0 aliphatic carbocycles. The summed E-state index contributed by atoms with van der Waals surface area (Å²) in [6.45, 7) is 10.3. The molecule has 1 saturated heterocycles. The smallest absolute Gasteiger partial charge is 0.132 e. The van der Waals surface area contributed by atoms with Gasteiger partial charge in [-0.1, -0.05) is 26.5 Å². The number of halogens is 1. The van der Waals surface area contributed by atoms with Crippen LogP contribution >= 0.6 is 0 Å². The highest BCUT2D eigenvalue weighted by Gasteiger charge is 2.20. The van der Waals surface area contributed by atoms with Crippen LogP contribution in [-0.4, -0.2) is 29.1 Å². The third-order valence-electron chi connectivity index (χ3n) is 6.41. The molecule has 184 valence electrons. The number of nitrogens with zero attached hydrogens (tertiary/aromatic N) is 3. The van der Waals surface area contributed by atoms with E-state index in [-0.39, 0.29) is 11.9 Å². The minimum absolute atomic E-state index is 0.146. The van der Waals surface area contributed by atoms with Crippen molar-refractivity contribution in [3.05, 3.63) is 72.4 Å². The number of benzene rings is 1. The molecular formula is C28H35FN6. The quantitative estimate of drug-likeness (QED) is 0.401. The van der Waals surface area contributed by atoms with Crippen LogP contribution in [0.25, 0.3) is 17.0 Å². The van der Waals surface area contributed by atoms with Crippen molar-refractivity contribution in [2.75, 3.05) is 29.0 Å². The number of rotatable bonds is 8. The molecule has 0 saturated carbocycles. The molecule has 3 aromatic rings. The van der Waals surface area contributed by atoms with E-state index in [2.05, 4.69) is 35.6 Å². The third-order valence-corrected chi connectivity index (χ3v) is 6.41. The standard InChI is InChI=1S/C28H35FN6/c1-18(2)6-7-20-8-9-23(29)22(15-20)25-11-10-24(31)28(34-25)19(3)33-26-16-32-13-12-27(26)35-14-4-5-21(30)17-35/h8-13,15-16,18,21,33H,3-7,14,17,30-31H2,1-2H3/t21-/m0/s1. The largest absolute Gasteiger partial charge is 0.397 e. The van der Waals surface area contributed by atoms with Crippen LogP contribution in [0.3, 0.4) is 0 Å². The van der Waals surface area contributed by atoms with E-state index in [1.54, 1.807) is 24.5 Å². The summed E-state index contributed by atoms with van der Waals surface area (Å²) < 4.78 is 14.8. The summed E-state index contributed by atoms with van der Waals surface area (Å²) in [7, 11) is 0. The fraction of sp³-hybridized carbons (Fsp3) is 0.357. The van der Waals surface area contributed by atoms with Crippen LogP contribution in [0.15, 0.2) is 55.4 Å². The van der Waals surface area contributed by atoms with Gasteiger partial charge in [0, 0.05) is 30.9 Å². The zero-order valence-electron chi connectivity index (χ0n) is 20.6. The molecule has 0 amide bonds. The van der Waals surface area contributed by atoms with Crippen LogP contribution in [-0.2, 0) is 6.42 Å². The molecular weight excluding hydrogens is 439 g/mol. The number of aromatic nitrogens is 2. The van der Waals surface area contributed by atoms with Gasteiger partial charge in [0.1, 0.15) is 11.5 Å². The predicted octanol–water partition coefficient (Wildman–Crippen LogP) is 5.46. The monoisotopic (exact) mass is 474 g/mol. The number of piperidine rings is 1. The second-order valence-corrected chi connectivity index (χ2v) is 9.73. The van der Waals surface area contributed by atoms with Crippen molar-refractivity contribution in [2.45, 2.75) is 45.6 Å². The summed E-state index contributed by atoms with van der Waals surface area (Å²) in [5.74, 6) is 0.272. The van der Waals surface area contributed by atoms with Crippen molar-refractivity contribution in [3.63, 3.8) is 0 Å². The van der Waals surface area contributed by atoms with E-state index < -0.39 is 0 Å². The number of pyridine rings is 2. The molecule has 3 heterocycles. The molecule has 0 unspecified atom stereocenters. The predicted molar refractivity (Wildman–Crippen MR) is 144 cm³/mol. The van der Waals surface area contributed by atoms with Gasteiger partial charge in [0.25, 0.3) is 0 Å². The lowest BCUT2D eigenvalue weighted by Crippen LogP contribution is -2.43. The number of nitrogens with one attached hydrogen (secondary N) is 1. The lowest BCUT2D eigenvalue weighted by atomic mass is 9.99. The Morgan fingerprint density at radius 3 is 2.86 bits per heavy atom. The average molecular weight is 475 g/mol. The van der Waals surface area contributed by atoms with Crippen LogP contribution < -0.4 is 21.7 Å². The van der Waals surface area contributed by atoms with Crippen LogP contribution in [0.5, 0.6) is 0 Å². The molecule has 0 bridgehead atoms. The summed E-state index contributed by atoms with van der Waals surface area (Å²) in [4.78, 5) is 11.3. The van der Waals surface area contributed by atoms with Crippen LogP contribution in [0.1, 0.15) is 44.4 Å². The Hall–Kier alpha value is -3.45. The van der Waals surface area contributed by atoms with Gasteiger partial charge < -0.3 is 21.7 Å². The number of hydrogen-bond acceptors (Lipinski definition) is 6. The second kappa shape index (κ2) is 10.9. The summed E-state index contributed by atoms with van der Waals surface area (Å²) in [5, 5.41) is 3.34. The summed E-state index contributed by atoms with van der Waals surface area (Å²) >= 11 is 0. The van der Waals surface area contributed by atoms with Gasteiger partial charge in [0.2, 0.25) is 0 Å². The van der Waals surface area contributed by atoms with Gasteiger partial charge in [-0.2, -0.15) is 0 Å². The highest BCUT2D eigenvalue weighted by atomic mass is 19.1. The van der Waals surface area contributed by atoms with Gasteiger partial charge in [-0.05, 0) is 67.5 Å². The van der Waals surface area contributed by atoms with E-state index in [4.69, 9.17) is 16.5 Å². The van der Waals surface area contributed by atoms with E-state index in [0.717, 1.165) is 55.7 Å². The first-order valence-electron chi connectivity index (χ1n) is 12.3. The van der Waals surface area contributed by atoms with Gasteiger partial charge >= 0.3 is 0 Å². The maximum atomic E-state index is 14.8. The third kappa shape index (κ3) is 5.98. The Morgan fingerprint density at radius 1 is 1.26 bits per heavy atom. The molecule has 1 atom stereocenters. The first-order valence-corrected chi connectivity index (χ1v) is 12.3. The highest BCUT2D eigenvalue weighted by Crippen LogP contribution is 2.32. The Labute approximate surface area is 207 Å². The molecule has 1 fully saturated rings. The lowest BCUT2D eigenvalue weighted by Gasteiger charge is -2.34. The Bertz CT molecular complexity index is 1190. The van der Waals surface area contributed by atoms with E-state index in [1.165, 1.54) is 6.07 Å². The number of aryl methyl sites for hydroxylation is 1. The molecule has 2 aromatic heterocycles. The van der Waals surface area contributed by atoms with E-state index >= 15 is 0 Å². The Balaban J connectivity index is 1.60. The van der Waals surface area contributed by atoms with Crippen LogP contribution in [0.4, 0.5) is 21.5 Å². The van der Waals surface area contributed by atoms with Gasteiger partial charge in [-0.3, -0.25) is 4.98 Å². The number of nitrogen functional groups attached to an aromatic ring is 1. The van der Waals surface area contributed by atoms with Crippen LogP contribution in [0, 0.1) is 11.7 Å². The van der Waals surface area contributed by atoms with Gasteiger partial charge in [0.05, 0.1) is 34.6 Å². The fourth-order valence-electron chi connectivity index (χ4n) is 4.45. The zero-order chi connectivity index (χ0) is 24.9. The molecule has 1 aliphatic heterocycles. The van der Waals surface area contributed by atoms with Crippen molar-refractivity contribution in [1.29, 1.82) is 0 Å². The fourth-order valence-corrected chi connectivity index (χ4v) is 4.45. The second-order valence-electron chi connectivity index (χ2n) is 9.73. The van der Waals surface area contributed by atoms with E-state index in [1.807, 2.05) is 18.2 Å². The lowest BCUT2D eigenvalue weighted by molar-refractivity contribution is 0.506. The molecule has 0 radical (unpaired) electrons. The molecule has 0 spiro atoms. The van der Waals surface area contributed by atoms with Crippen LogP contribution in [0.2, 0.25) is 0 Å². The molecule has 6 nitrogen and oxygen atoms in total. The Kier molecular flexibility index (Phi) is 7.66. The number of hydrogen-bond donors (Lipinski definition) is 3. The average Bonchev–Trinajstić information content (AvgIpc) is 2.84. The molecule has 5 N–H and O–H groups in total.